The van der Waals surface area contributed by atoms with Crippen LogP contribution in [-0.4, -0.2) is 16.9 Å². The number of aryl methyl sites for hydroxylation is 1. The van der Waals surface area contributed by atoms with Crippen molar-refractivity contribution in [2.45, 2.75) is 45.2 Å². The molecule has 0 saturated heterocycles. The molecule has 2 aliphatic carbocycles. The highest BCUT2D eigenvalue weighted by Crippen LogP contribution is 2.47. The van der Waals surface area contributed by atoms with E-state index >= 15 is 0 Å². The van der Waals surface area contributed by atoms with Gasteiger partial charge in [0, 0.05) is 6.04 Å². The molecule has 2 saturated carbocycles. The second kappa shape index (κ2) is 4.63. The zero-order chi connectivity index (χ0) is 13.6. The van der Waals surface area contributed by atoms with Crippen LogP contribution in [0, 0.1) is 24.7 Å². The van der Waals surface area contributed by atoms with E-state index in [1.54, 1.807) is 6.20 Å². The molecule has 1 amide bonds. The van der Waals surface area contributed by atoms with Crippen LogP contribution in [0.5, 0.6) is 0 Å². The minimum absolute atomic E-state index is 0.0252. The van der Waals surface area contributed by atoms with E-state index in [4.69, 9.17) is 10.2 Å². The number of carbonyl (C=O) groups is 1. The van der Waals surface area contributed by atoms with Crippen LogP contribution in [0.3, 0.4) is 0 Å². The standard InChI is InChI=1S/C14H21N3O2/c1-7-6-16-14(19-7)8(2)17-13(18)11-9-3-4-10(5-9)12(11)15/h6,8-12H,3-5,15H2,1-2H3,(H,17,18). The molecule has 5 atom stereocenters. The Kier molecular flexibility index (Phi) is 3.09. The quantitative estimate of drug-likeness (QED) is 0.866. The van der Waals surface area contributed by atoms with Crippen LogP contribution >= 0.6 is 0 Å². The van der Waals surface area contributed by atoms with Crippen LogP contribution in [0.4, 0.5) is 0 Å². The SMILES string of the molecule is Cc1cnc(C(C)NC(=O)C2C3CCC(C3)C2N)o1. The Bertz CT molecular complexity index is 483. The van der Waals surface area contributed by atoms with Crippen LogP contribution in [0.15, 0.2) is 10.6 Å². The number of hydrogen-bond acceptors (Lipinski definition) is 4. The molecule has 0 aromatic carbocycles. The first-order valence-corrected chi connectivity index (χ1v) is 7.04. The summed E-state index contributed by atoms with van der Waals surface area (Å²) in [6.45, 7) is 3.73. The zero-order valence-electron chi connectivity index (χ0n) is 11.4. The fourth-order valence-corrected chi connectivity index (χ4v) is 3.67. The Morgan fingerprint density at radius 1 is 1.53 bits per heavy atom. The lowest BCUT2D eigenvalue weighted by molar-refractivity contribution is -0.127. The van der Waals surface area contributed by atoms with Gasteiger partial charge in [-0.05, 0) is 44.9 Å². The number of rotatable bonds is 3. The Labute approximate surface area is 112 Å². The van der Waals surface area contributed by atoms with Crippen molar-refractivity contribution in [1.29, 1.82) is 0 Å². The predicted molar refractivity (Wildman–Crippen MR) is 70.1 cm³/mol. The minimum atomic E-state index is -0.201. The Morgan fingerprint density at radius 3 is 2.84 bits per heavy atom. The number of nitrogens with zero attached hydrogens (tertiary/aromatic N) is 1. The average Bonchev–Trinajstić information content (AvgIpc) is 3.03. The second-order valence-corrected chi connectivity index (χ2v) is 5.98. The minimum Gasteiger partial charge on any atom is -0.444 e. The Morgan fingerprint density at radius 2 is 2.26 bits per heavy atom. The van der Waals surface area contributed by atoms with Crippen molar-refractivity contribution in [2.75, 3.05) is 0 Å². The molecule has 3 rings (SSSR count). The predicted octanol–water partition coefficient (Wildman–Crippen LogP) is 1.53. The number of aromatic nitrogens is 1. The van der Waals surface area contributed by atoms with Gasteiger partial charge >= 0.3 is 0 Å². The normalized spacial score (nSPS) is 34.5. The van der Waals surface area contributed by atoms with Gasteiger partial charge in [0.2, 0.25) is 11.8 Å². The first-order valence-electron chi connectivity index (χ1n) is 7.04. The first kappa shape index (κ1) is 12.7. The number of amides is 1. The molecule has 19 heavy (non-hydrogen) atoms. The maximum absolute atomic E-state index is 12.4. The molecule has 0 radical (unpaired) electrons. The highest BCUT2D eigenvalue weighted by atomic mass is 16.4. The van der Waals surface area contributed by atoms with Gasteiger partial charge in [0.25, 0.3) is 0 Å². The van der Waals surface area contributed by atoms with Gasteiger partial charge in [-0.2, -0.15) is 0 Å². The summed E-state index contributed by atoms with van der Waals surface area (Å²) in [5, 5.41) is 2.99. The lowest BCUT2D eigenvalue weighted by Crippen LogP contribution is -2.45. The molecule has 2 fully saturated rings. The van der Waals surface area contributed by atoms with Crippen molar-refractivity contribution in [3.8, 4) is 0 Å². The molecular formula is C14H21N3O2. The maximum atomic E-state index is 12.4. The summed E-state index contributed by atoms with van der Waals surface area (Å²) in [5.41, 5.74) is 6.18. The van der Waals surface area contributed by atoms with E-state index in [2.05, 4.69) is 10.3 Å². The van der Waals surface area contributed by atoms with Crippen molar-refractivity contribution >= 4 is 5.91 Å². The van der Waals surface area contributed by atoms with E-state index in [0.717, 1.165) is 18.6 Å². The van der Waals surface area contributed by atoms with Gasteiger partial charge in [-0.15, -0.1) is 0 Å². The summed E-state index contributed by atoms with van der Waals surface area (Å²) in [6.07, 6.45) is 5.11. The van der Waals surface area contributed by atoms with Gasteiger partial charge in [-0.3, -0.25) is 4.79 Å². The van der Waals surface area contributed by atoms with Crippen molar-refractivity contribution in [1.82, 2.24) is 10.3 Å². The summed E-state index contributed by atoms with van der Waals surface area (Å²) in [4.78, 5) is 16.5. The number of fused-ring (bicyclic) bond motifs is 2. The summed E-state index contributed by atoms with van der Waals surface area (Å²) in [6, 6.07) is -0.176. The van der Waals surface area contributed by atoms with Crippen molar-refractivity contribution in [2.24, 2.45) is 23.5 Å². The molecule has 2 aliphatic rings. The van der Waals surface area contributed by atoms with E-state index < -0.39 is 0 Å². The smallest absolute Gasteiger partial charge is 0.225 e. The van der Waals surface area contributed by atoms with Crippen molar-refractivity contribution in [3.05, 3.63) is 17.8 Å². The van der Waals surface area contributed by atoms with Gasteiger partial charge in [0.05, 0.1) is 12.1 Å². The highest BCUT2D eigenvalue weighted by Gasteiger charge is 2.49. The van der Waals surface area contributed by atoms with Crippen LogP contribution in [0.1, 0.15) is 43.9 Å². The highest BCUT2D eigenvalue weighted by molar-refractivity contribution is 5.80. The Hall–Kier alpha value is -1.36. The fraction of sp³-hybridized carbons (Fsp3) is 0.714. The largest absolute Gasteiger partial charge is 0.444 e. The molecule has 1 aromatic heterocycles. The lowest BCUT2D eigenvalue weighted by Gasteiger charge is -2.27. The maximum Gasteiger partial charge on any atom is 0.225 e. The molecule has 5 nitrogen and oxygen atoms in total. The average molecular weight is 263 g/mol. The van der Waals surface area contributed by atoms with Crippen LogP contribution in [0.2, 0.25) is 0 Å². The zero-order valence-corrected chi connectivity index (χ0v) is 11.4. The number of oxazole rings is 1. The van der Waals surface area contributed by atoms with E-state index in [1.165, 1.54) is 6.42 Å². The van der Waals surface area contributed by atoms with Gasteiger partial charge in [0.15, 0.2) is 0 Å². The molecule has 1 aromatic rings. The summed E-state index contributed by atoms with van der Waals surface area (Å²) >= 11 is 0. The molecule has 3 N–H and O–H groups in total. The summed E-state index contributed by atoms with van der Waals surface area (Å²) in [7, 11) is 0. The fourth-order valence-electron chi connectivity index (χ4n) is 3.67. The van der Waals surface area contributed by atoms with Gasteiger partial charge < -0.3 is 15.5 Å². The third kappa shape index (κ3) is 2.16. The monoisotopic (exact) mass is 263 g/mol. The van der Waals surface area contributed by atoms with Crippen LogP contribution in [0.25, 0.3) is 0 Å². The summed E-state index contributed by atoms with van der Waals surface area (Å²) in [5.74, 6) is 2.36. The van der Waals surface area contributed by atoms with Gasteiger partial charge in [0.1, 0.15) is 11.8 Å². The first-order chi connectivity index (χ1) is 9.06. The number of hydrogen-bond donors (Lipinski definition) is 2. The number of carbonyl (C=O) groups excluding carboxylic acids is 1. The molecule has 104 valence electrons. The van der Waals surface area contributed by atoms with Crippen LogP contribution in [-0.2, 0) is 4.79 Å². The van der Waals surface area contributed by atoms with Crippen molar-refractivity contribution < 1.29 is 9.21 Å². The van der Waals surface area contributed by atoms with Gasteiger partial charge in [-0.1, -0.05) is 0 Å². The summed E-state index contributed by atoms with van der Waals surface area (Å²) < 4.78 is 5.44. The van der Waals surface area contributed by atoms with E-state index in [9.17, 15) is 4.79 Å². The number of nitrogens with two attached hydrogens (primary N) is 1. The van der Waals surface area contributed by atoms with Crippen molar-refractivity contribution in [3.63, 3.8) is 0 Å². The molecule has 2 bridgehead atoms. The Balaban J connectivity index is 1.65. The number of nitrogens with one attached hydrogen (secondary N) is 1. The molecule has 1 heterocycles. The lowest BCUT2D eigenvalue weighted by atomic mass is 9.84. The molecule has 5 heteroatoms. The van der Waals surface area contributed by atoms with E-state index in [-0.39, 0.29) is 23.9 Å². The second-order valence-electron chi connectivity index (χ2n) is 5.98. The van der Waals surface area contributed by atoms with Gasteiger partial charge in [-0.25, -0.2) is 4.98 Å². The molecule has 0 aliphatic heterocycles. The molecule has 5 unspecified atom stereocenters. The molecular weight excluding hydrogens is 242 g/mol. The van der Waals surface area contributed by atoms with Crippen LogP contribution < -0.4 is 11.1 Å². The third-order valence-corrected chi connectivity index (χ3v) is 4.65. The molecule has 0 spiro atoms. The third-order valence-electron chi connectivity index (χ3n) is 4.65. The topological polar surface area (TPSA) is 81.2 Å². The van der Waals surface area contributed by atoms with E-state index in [1.807, 2.05) is 13.8 Å². The van der Waals surface area contributed by atoms with E-state index in [0.29, 0.717) is 17.7 Å².